The number of nitrogen functional groups attached to an aromatic ring is 1. The number of hydrogen-bond acceptors (Lipinski definition) is 15. The molecule has 0 spiro atoms. The van der Waals surface area contributed by atoms with Gasteiger partial charge >= 0.3 is 17.9 Å². The van der Waals surface area contributed by atoms with Crippen molar-refractivity contribution in [3.8, 4) is 23.0 Å². The smallest absolute Gasteiger partial charge is 0.337 e. The number of methoxy groups -OCH3 is 2. The first-order valence-corrected chi connectivity index (χ1v) is 26.4. The molecule has 0 bridgehead atoms. The van der Waals surface area contributed by atoms with Gasteiger partial charge in [0.1, 0.15) is 40.9 Å². The highest BCUT2D eigenvalue weighted by Crippen LogP contribution is 2.58. The Morgan fingerprint density at radius 2 is 1.08 bits per heavy atom. The predicted molar refractivity (Wildman–Crippen MR) is 272 cm³/mol. The first kappa shape index (κ1) is 49.8. The van der Waals surface area contributed by atoms with Crippen LogP contribution in [0.5, 0.6) is 11.8 Å². The molecule has 3 saturated carbocycles. The average Bonchev–Trinajstić information content (AvgIpc) is 4.26. The number of carbonyl (C=O) groups excluding carboxylic acids is 3. The molecule has 0 amide bonds. The zero-order valence-electron chi connectivity index (χ0n) is 42.8. The van der Waals surface area contributed by atoms with Crippen LogP contribution in [0.4, 0.5) is 5.82 Å². The van der Waals surface area contributed by atoms with Gasteiger partial charge < -0.3 is 43.6 Å². The number of carbonyl (C=O) groups is 3. The summed E-state index contributed by atoms with van der Waals surface area (Å²) < 4.78 is 46.6. The Bertz CT molecular complexity index is 2890. The van der Waals surface area contributed by atoms with E-state index in [-0.39, 0.29) is 36.2 Å². The molecule has 12 atom stereocenters. The van der Waals surface area contributed by atoms with Gasteiger partial charge in [0.25, 0.3) is 0 Å². The number of nitrogens with zero attached hydrogens (tertiary/aromatic N) is 3. The molecule has 0 radical (unpaired) electrons. The molecule has 9 aliphatic rings. The van der Waals surface area contributed by atoms with E-state index in [9.17, 15) is 14.4 Å². The van der Waals surface area contributed by atoms with Crippen molar-refractivity contribution >= 4 is 23.7 Å². The third kappa shape index (κ3) is 8.58. The minimum atomic E-state index is -0.617. The Hall–Kier alpha value is -6.42. The summed E-state index contributed by atoms with van der Waals surface area (Å²) in [5.74, 6) is 3.02. The molecule has 6 heterocycles. The van der Waals surface area contributed by atoms with Crippen LogP contribution in [0.1, 0.15) is 95.2 Å². The monoisotopic (exact) mass is 1010 g/mol. The summed E-state index contributed by atoms with van der Waals surface area (Å²) in [5, 5.41) is 0. The van der Waals surface area contributed by atoms with Crippen LogP contribution < -0.4 is 15.2 Å². The molecule has 15 heteroatoms. The van der Waals surface area contributed by atoms with Crippen LogP contribution in [-0.2, 0) is 62.6 Å². The molecule has 3 aromatic heterocycles. The standard InChI is InChI=1S/C23H23NO3.C19H23NO5.C17H20N2O3/c1-15-11-18-8-10-21-23(18,19(12-15)22(25)27-21)26-14-16-7-9-20(24-13-16)17-5-3-2-4-6-17;1-11-8-13-5-6-15-19(13,14(9-11)18(21)25-15)24-10-12-4-7-16(22-2)20-17(12)23-3;1-10-7-12-4-5-14-17(12,13(8-10)16(20)22-14)21-9-11-3-2-6-19-15(11)18/h2-7,9,12-13,15,18,21H,8,10-11,14H2,1H3;4,7,9,11,13,15H,5-6,8,10H2,1-3H3;2-3,6,8,10,12,14H,4-5,7,9H2,1H3,(H2,18,19)/t15-,18?,21+,23-;11-,13?,15+,19-;10-,12?,14+,17-/m000/s1. The van der Waals surface area contributed by atoms with Gasteiger partial charge in [-0.25, -0.2) is 19.4 Å². The number of hydrogen-bond donors (Lipinski definition) is 1. The molecule has 74 heavy (non-hydrogen) atoms. The molecule has 15 nitrogen and oxygen atoms in total. The summed E-state index contributed by atoms with van der Waals surface area (Å²) in [4.78, 5) is 49.9. The Labute approximate surface area is 432 Å². The maximum atomic E-state index is 12.4. The maximum Gasteiger partial charge on any atom is 0.337 e. The minimum Gasteiger partial charge on any atom is -0.481 e. The quantitative estimate of drug-likeness (QED) is 0.104. The van der Waals surface area contributed by atoms with Crippen LogP contribution in [0.25, 0.3) is 11.3 Å². The summed E-state index contributed by atoms with van der Waals surface area (Å²) >= 11 is 0. The van der Waals surface area contributed by atoms with Gasteiger partial charge in [0.2, 0.25) is 11.8 Å². The van der Waals surface area contributed by atoms with E-state index >= 15 is 0 Å². The first-order valence-electron chi connectivity index (χ1n) is 26.4. The Morgan fingerprint density at radius 1 is 0.568 bits per heavy atom. The molecule has 13 rings (SSSR count). The molecule has 3 aliphatic heterocycles. The highest BCUT2D eigenvalue weighted by Gasteiger charge is 2.66. The van der Waals surface area contributed by atoms with Gasteiger partial charge in [-0.2, -0.15) is 4.98 Å². The van der Waals surface area contributed by atoms with E-state index in [4.69, 9.17) is 43.6 Å². The molecule has 3 saturated heterocycles. The van der Waals surface area contributed by atoms with Crippen LogP contribution >= 0.6 is 0 Å². The molecule has 3 unspecified atom stereocenters. The lowest BCUT2D eigenvalue weighted by atomic mass is 9.73. The molecule has 1 aromatic carbocycles. The Morgan fingerprint density at radius 3 is 1.55 bits per heavy atom. The van der Waals surface area contributed by atoms with E-state index in [0.29, 0.717) is 78.5 Å². The van der Waals surface area contributed by atoms with Crippen molar-refractivity contribution in [1.29, 1.82) is 0 Å². The van der Waals surface area contributed by atoms with Crippen molar-refractivity contribution in [2.24, 2.45) is 35.5 Å². The molecule has 6 aliphatic carbocycles. The fraction of sp³-hybridized carbons (Fsp3) is 0.492. The van der Waals surface area contributed by atoms with E-state index in [1.165, 1.54) is 0 Å². The number of rotatable bonds is 12. The van der Waals surface area contributed by atoms with Crippen LogP contribution in [0.15, 0.2) is 114 Å². The normalized spacial score (nSPS) is 33.2. The number of nitrogens with two attached hydrogens (primary N) is 1. The van der Waals surface area contributed by atoms with Crippen molar-refractivity contribution in [2.75, 3.05) is 20.0 Å². The third-order valence-corrected chi connectivity index (χ3v) is 17.1. The number of esters is 3. The maximum absolute atomic E-state index is 12.4. The van der Waals surface area contributed by atoms with Gasteiger partial charge in [-0.05, 0) is 117 Å². The van der Waals surface area contributed by atoms with Crippen molar-refractivity contribution in [3.05, 3.63) is 131 Å². The SMILES string of the molecule is COc1ccc(CO[C@]23C4=C[C@@H](C)CC2CC[C@H]3OC4=O)c(OC)n1.C[C@@H]1C=C2C(=O)O[C@@H]3CCC(C1)[C@]23OCc1ccc(-c2ccccc2)nc1.C[C@@H]1C=C2C(=O)O[C@@H]3CCC(C1)[C@]23OCc1cccnc1N. The summed E-state index contributed by atoms with van der Waals surface area (Å²) in [6.45, 7) is 7.57. The van der Waals surface area contributed by atoms with Crippen molar-refractivity contribution in [3.63, 3.8) is 0 Å². The van der Waals surface area contributed by atoms with Crippen LogP contribution in [0.3, 0.4) is 0 Å². The first-order chi connectivity index (χ1) is 35.9. The summed E-state index contributed by atoms with van der Waals surface area (Å²) in [6.07, 6.45) is 18.1. The lowest BCUT2D eigenvalue weighted by Gasteiger charge is -2.38. The van der Waals surface area contributed by atoms with Gasteiger partial charge in [0, 0.05) is 35.2 Å². The van der Waals surface area contributed by atoms with Gasteiger partial charge in [0.15, 0.2) is 0 Å². The highest BCUT2D eigenvalue weighted by molar-refractivity contribution is 5.96. The van der Waals surface area contributed by atoms with Crippen LogP contribution in [-0.4, -0.2) is 82.2 Å². The largest absolute Gasteiger partial charge is 0.481 e. The molecular weight excluding hydrogens is 941 g/mol. The molecule has 2 N–H and O–H groups in total. The molecule has 6 fully saturated rings. The Kier molecular flexibility index (Phi) is 13.5. The van der Waals surface area contributed by atoms with Gasteiger partial charge in [-0.1, -0.05) is 81.5 Å². The number of ether oxygens (including phenoxy) is 8. The Balaban J connectivity index is 0.000000120. The topological polar surface area (TPSA) is 190 Å². The van der Waals surface area contributed by atoms with Crippen molar-refractivity contribution in [2.45, 2.75) is 133 Å². The van der Waals surface area contributed by atoms with E-state index in [1.807, 2.05) is 60.8 Å². The fourth-order valence-electron chi connectivity index (χ4n) is 13.9. The van der Waals surface area contributed by atoms with E-state index in [2.05, 4.69) is 60.0 Å². The average molecular weight is 1010 g/mol. The zero-order valence-corrected chi connectivity index (χ0v) is 42.8. The minimum absolute atomic E-state index is 0.134. The van der Waals surface area contributed by atoms with E-state index < -0.39 is 16.8 Å². The molecule has 388 valence electrons. The summed E-state index contributed by atoms with van der Waals surface area (Å²) in [7, 11) is 3.14. The van der Waals surface area contributed by atoms with Crippen LogP contribution in [0.2, 0.25) is 0 Å². The number of benzene rings is 1. The highest BCUT2D eigenvalue weighted by atomic mass is 16.6. The third-order valence-electron chi connectivity index (χ3n) is 17.1. The van der Waals surface area contributed by atoms with Crippen molar-refractivity contribution < 1.29 is 52.3 Å². The number of anilines is 1. The summed E-state index contributed by atoms with van der Waals surface area (Å²) in [6, 6.07) is 21.6. The van der Waals surface area contributed by atoms with Crippen LogP contribution in [0, 0.1) is 35.5 Å². The van der Waals surface area contributed by atoms with Gasteiger partial charge in [-0.3, -0.25) is 4.98 Å². The second kappa shape index (κ2) is 20.0. The zero-order chi connectivity index (χ0) is 51.4. The predicted octanol–water partition coefficient (Wildman–Crippen LogP) is 9.18. The summed E-state index contributed by atoms with van der Waals surface area (Å²) in [5.41, 5.74) is 11.1. The van der Waals surface area contributed by atoms with Crippen molar-refractivity contribution in [1.82, 2.24) is 15.0 Å². The second-order valence-electron chi connectivity index (χ2n) is 21.6. The second-order valence-corrected chi connectivity index (χ2v) is 21.6. The van der Waals surface area contributed by atoms with Gasteiger partial charge in [-0.15, -0.1) is 0 Å². The lowest BCUT2D eigenvalue weighted by Crippen LogP contribution is -2.46. The van der Waals surface area contributed by atoms with Gasteiger partial charge in [0.05, 0.1) is 56.5 Å². The number of pyridine rings is 3. The lowest BCUT2D eigenvalue weighted by molar-refractivity contribution is -0.143. The van der Waals surface area contributed by atoms with E-state index in [1.54, 1.807) is 26.5 Å². The van der Waals surface area contributed by atoms with E-state index in [0.717, 1.165) is 96.9 Å². The molecule has 4 aromatic rings. The molecular formula is C59H66N4O11. The fourth-order valence-corrected chi connectivity index (χ4v) is 13.9. The number of allylic oxidation sites excluding steroid dienone is 3. The number of aromatic nitrogens is 3.